The van der Waals surface area contributed by atoms with Crippen LogP contribution < -0.4 is 5.32 Å². The van der Waals surface area contributed by atoms with Crippen LogP contribution in [-0.2, 0) is 9.59 Å². The molecule has 0 spiro atoms. The summed E-state index contributed by atoms with van der Waals surface area (Å²) in [6, 6.07) is 15.7. The Bertz CT molecular complexity index is 953. The molecule has 29 heavy (non-hydrogen) atoms. The average molecular weight is 392 g/mol. The number of hydrogen-bond acceptors (Lipinski definition) is 4. The lowest BCUT2D eigenvalue weighted by atomic mass is 9.64. The number of hydrogen-bond donors (Lipinski definition) is 2. The maximum absolute atomic E-state index is 12.8. The van der Waals surface area contributed by atoms with E-state index in [1.165, 1.54) is 13.8 Å². The van der Waals surface area contributed by atoms with Gasteiger partial charge < -0.3 is 10.4 Å². The van der Waals surface area contributed by atoms with Crippen LogP contribution in [-0.4, -0.2) is 22.3 Å². The summed E-state index contributed by atoms with van der Waals surface area (Å²) in [7, 11) is 0. The second-order valence-electron chi connectivity index (χ2n) is 8.45. The molecule has 2 N–H and O–H groups in total. The number of aryl methyl sites for hydroxylation is 2. The maximum Gasteiger partial charge on any atom is 0.158 e. The predicted molar refractivity (Wildman–Crippen MR) is 116 cm³/mol. The molecule has 4 nitrogen and oxygen atoms in total. The molecule has 0 saturated carbocycles. The minimum atomic E-state index is -1.27. The van der Waals surface area contributed by atoms with Gasteiger partial charge >= 0.3 is 0 Å². The van der Waals surface area contributed by atoms with Crippen LogP contribution in [0.4, 0.5) is 5.69 Å². The van der Waals surface area contributed by atoms with Crippen LogP contribution in [0.5, 0.6) is 0 Å². The normalized spacial score (nSPS) is 24.3. The average Bonchev–Trinajstić information content (AvgIpc) is 2.62. The van der Waals surface area contributed by atoms with E-state index >= 15 is 0 Å². The lowest BCUT2D eigenvalue weighted by molar-refractivity contribution is -0.131. The summed E-state index contributed by atoms with van der Waals surface area (Å²) in [5.74, 6) is -1.39. The highest BCUT2D eigenvalue weighted by atomic mass is 16.3. The molecule has 0 radical (unpaired) electrons. The Labute approximate surface area is 172 Å². The summed E-state index contributed by atoms with van der Waals surface area (Å²) in [6.07, 6.45) is 0.211. The number of carbonyl (C=O) groups excluding carboxylic acids is 2. The van der Waals surface area contributed by atoms with E-state index in [4.69, 9.17) is 0 Å². The van der Waals surface area contributed by atoms with E-state index in [9.17, 15) is 14.7 Å². The lowest BCUT2D eigenvalue weighted by Crippen LogP contribution is -2.48. The monoisotopic (exact) mass is 391 g/mol. The summed E-state index contributed by atoms with van der Waals surface area (Å²) in [6.45, 7) is 8.73. The molecule has 1 aliphatic rings. The van der Waals surface area contributed by atoms with Gasteiger partial charge in [0.05, 0.1) is 11.5 Å². The summed E-state index contributed by atoms with van der Waals surface area (Å²) < 4.78 is 0. The summed E-state index contributed by atoms with van der Waals surface area (Å²) in [5.41, 5.74) is 3.93. The largest absolute Gasteiger partial charge is 0.389 e. The van der Waals surface area contributed by atoms with Crippen molar-refractivity contribution in [1.29, 1.82) is 0 Å². The number of ketones is 2. The first kappa shape index (κ1) is 21.0. The molecule has 0 aromatic heterocycles. The quantitative estimate of drug-likeness (QED) is 0.775. The third-order valence-electron chi connectivity index (χ3n) is 5.77. The molecule has 0 bridgehead atoms. The molecule has 2 aromatic carbocycles. The molecule has 3 rings (SSSR count). The highest BCUT2D eigenvalue weighted by molar-refractivity contribution is 5.98. The molecule has 0 fully saturated rings. The van der Waals surface area contributed by atoms with Gasteiger partial charge in [-0.05, 0) is 52.3 Å². The Morgan fingerprint density at radius 1 is 0.966 bits per heavy atom. The number of allylic oxidation sites excluding steroid dienone is 1. The molecule has 3 unspecified atom stereocenters. The lowest BCUT2D eigenvalue weighted by Gasteiger charge is -2.43. The molecule has 1 aliphatic carbocycles. The summed E-state index contributed by atoms with van der Waals surface area (Å²) in [4.78, 5) is 25.4. The third kappa shape index (κ3) is 4.33. The van der Waals surface area contributed by atoms with Gasteiger partial charge in [0, 0.05) is 29.3 Å². The first-order chi connectivity index (χ1) is 13.6. The Hall–Kier alpha value is -2.72. The molecule has 0 saturated heterocycles. The van der Waals surface area contributed by atoms with Crippen LogP contribution in [0.15, 0.2) is 59.8 Å². The van der Waals surface area contributed by atoms with Gasteiger partial charge in [-0.3, -0.25) is 9.59 Å². The fraction of sp³-hybridized carbons (Fsp3) is 0.360. The molecule has 0 amide bonds. The van der Waals surface area contributed by atoms with Crippen molar-refractivity contribution in [2.24, 2.45) is 5.92 Å². The minimum absolute atomic E-state index is 0.0908. The molecule has 152 valence electrons. The highest BCUT2D eigenvalue weighted by Gasteiger charge is 2.49. The summed E-state index contributed by atoms with van der Waals surface area (Å²) >= 11 is 0. The number of carbonyl (C=O) groups is 2. The van der Waals surface area contributed by atoms with Gasteiger partial charge in [0.25, 0.3) is 0 Å². The van der Waals surface area contributed by atoms with E-state index in [0.29, 0.717) is 11.3 Å². The number of nitrogens with one attached hydrogen (secondary N) is 1. The van der Waals surface area contributed by atoms with Gasteiger partial charge in [0.1, 0.15) is 5.78 Å². The van der Waals surface area contributed by atoms with E-state index < -0.39 is 17.4 Å². The van der Waals surface area contributed by atoms with E-state index in [2.05, 4.69) is 5.32 Å². The van der Waals surface area contributed by atoms with Gasteiger partial charge in [-0.25, -0.2) is 0 Å². The standard InChI is InChI=1S/C25H29NO3/c1-15-6-10-19(11-7-15)23-22(17(3)27)21(14-25(5,29)24(23)18(4)28)26-20-12-8-16(2)9-13-20/h6-13,23-24,26,29H,14H2,1-5H3. The first-order valence-corrected chi connectivity index (χ1v) is 9.97. The predicted octanol–water partition coefficient (Wildman–Crippen LogP) is 4.70. The van der Waals surface area contributed by atoms with Crippen molar-refractivity contribution in [3.05, 3.63) is 76.5 Å². The minimum Gasteiger partial charge on any atom is -0.389 e. The number of rotatable bonds is 5. The molecule has 0 aliphatic heterocycles. The molecule has 4 heteroatoms. The number of anilines is 1. The Morgan fingerprint density at radius 3 is 1.97 bits per heavy atom. The number of benzene rings is 2. The maximum atomic E-state index is 12.8. The van der Waals surface area contributed by atoms with Gasteiger partial charge in [0.2, 0.25) is 0 Å². The zero-order valence-electron chi connectivity index (χ0n) is 17.7. The van der Waals surface area contributed by atoms with Crippen molar-refractivity contribution in [2.45, 2.75) is 52.6 Å². The Balaban J connectivity index is 2.19. The zero-order chi connectivity index (χ0) is 21.3. The van der Waals surface area contributed by atoms with Crippen molar-refractivity contribution >= 4 is 17.3 Å². The SMILES string of the molecule is CC(=O)C1=C(Nc2ccc(C)cc2)CC(C)(O)C(C(C)=O)C1c1ccc(C)cc1. The number of Topliss-reactive ketones (excluding diaryl/α,β-unsaturated/α-hetero) is 2. The second kappa shape index (κ2) is 7.96. The number of aliphatic hydroxyl groups is 1. The molecule has 2 aromatic rings. The topological polar surface area (TPSA) is 66.4 Å². The smallest absolute Gasteiger partial charge is 0.158 e. The summed E-state index contributed by atoms with van der Waals surface area (Å²) in [5, 5.41) is 14.6. The van der Waals surface area contributed by atoms with Crippen molar-refractivity contribution in [3.8, 4) is 0 Å². The van der Waals surface area contributed by atoms with Crippen LogP contribution >= 0.6 is 0 Å². The van der Waals surface area contributed by atoms with E-state index in [1.54, 1.807) is 6.92 Å². The van der Waals surface area contributed by atoms with Crippen LogP contribution in [0.3, 0.4) is 0 Å². The third-order valence-corrected chi connectivity index (χ3v) is 5.77. The van der Waals surface area contributed by atoms with E-state index in [-0.39, 0.29) is 18.0 Å². The highest BCUT2D eigenvalue weighted by Crippen LogP contribution is 2.47. The first-order valence-electron chi connectivity index (χ1n) is 9.97. The van der Waals surface area contributed by atoms with Gasteiger partial charge in [0.15, 0.2) is 5.78 Å². The fourth-order valence-electron chi connectivity index (χ4n) is 4.44. The van der Waals surface area contributed by atoms with E-state index in [0.717, 1.165) is 22.4 Å². The Kier molecular flexibility index (Phi) is 5.76. The van der Waals surface area contributed by atoms with Crippen LogP contribution in [0.25, 0.3) is 0 Å². The molecule has 0 heterocycles. The zero-order valence-corrected chi connectivity index (χ0v) is 17.7. The van der Waals surface area contributed by atoms with Gasteiger partial charge in [-0.2, -0.15) is 0 Å². The second-order valence-corrected chi connectivity index (χ2v) is 8.45. The molecular formula is C25H29NO3. The van der Waals surface area contributed by atoms with Crippen molar-refractivity contribution in [2.75, 3.05) is 5.32 Å². The van der Waals surface area contributed by atoms with Crippen LogP contribution in [0.1, 0.15) is 49.8 Å². The van der Waals surface area contributed by atoms with Crippen molar-refractivity contribution < 1.29 is 14.7 Å². The van der Waals surface area contributed by atoms with E-state index in [1.807, 2.05) is 62.4 Å². The van der Waals surface area contributed by atoms with Crippen molar-refractivity contribution in [3.63, 3.8) is 0 Å². The van der Waals surface area contributed by atoms with Gasteiger partial charge in [-0.15, -0.1) is 0 Å². The van der Waals surface area contributed by atoms with Crippen LogP contribution in [0, 0.1) is 19.8 Å². The van der Waals surface area contributed by atoms with Crippen LogP contribution in [0.2, 0.25) is 0 Å². The fourth-order valence-corrected chi connectivity index (χ4v) is 4.44. The Morgan fingerprint density at radius 2 is 1.48 bits per heavy atom. The molecule has 3 atom stereocenters. The van der Waals surface area contributed by atoms with Gasteiger partial charge in [-0.1, -0.05) is 47.5 Å². The molecular weight excluding hydrogens is 362 g/mol. The van der Waals surface area contributed by atoms with Crippen molar-refractivity contribution in [1.82, 2.24) is 0 Å².